The molecular formula is C19H24N4O4. The van der Waals surface area contributed by atoms with Gasteiger partial charge in [0.25, 0.3) is 5.91 Å². The third-order valence-corrected chi connectivity index (χ3v) is 3.96. The van der Waals surface area contributed by atoms with Gasteiger partial charge in [0.1, 0.15) is 11.4 Å². The normalized spacial score (nSPS) is 13.7. The summed E-state index contributed by atoms with van der Waals surface area (Å²) in [6, 6.07) is 9.11. The van der Waals surface area contributed by atoms with E-state index in [0.717, 1.165) is 11.3 Å². The highest BCUT2D eigenvalue weighted by Gasteiger charge is 2.29. The van der Waals surface area contributed by atoms with E-state index >= 15 is 0 Å². The van der Waals surface area contributed by atoms with E-state index in [9.17, 15) is 9.59 Å². The van der Waals surface area contributed by atoms with Crippen molar-refractivity contribution in [2.45, 2.75) is 39.3 Å². The first-order chi connectivity index (χ1) is 12.8. The number of aromatic nitrogens is 2. The Morgan fingerprint density at radius 2 is 2.00 bits per heavy atom. The van der Waals surface area contributed by atoms with E-state index in [1.54, 1.807) is 17.0 Å². The zero-order valence-electron chi connectivity index (χ0n) is 15.7. The Hall–Kier alpha value is -3.03. The number of H-pyrrole nitrogens is 1. The van der Waals surface area contributed by atoms with Gasteiger partial charge in [-0.3, -0.25) is 9.89 Å². The van der Waals surface area contributed by atoms with Crippen LogP contribution in [0.4, 0.5) is 10.6 Å². The van der Waals surface area contributed by atoms with E-state index in [1.807, 2.05) is 39.0 Å². The van der Waals surface area contributed by atoms with Gasteiger partial charge in [-0.2, -0.15) is 5.10 Å². The molecule has 2 heterocycles. The second-order valence-corrected chi connectivity index (χ2v) is 7.33. The fourth-order valence-corrected chi connectivity index (χ4v) is 2.71. The van der Waals surface area contributed by atoms with Gasteiger partial charge in [-0.1, -0.05) is 18.2 Å². The molecular weight excluding hydrogens is 348 g/mol. The van der Waals surface area contributed by atoms with Crippen LogP contribution in [0.25, 0.3) is 0 Å². The van der Waals surface area contributed by atoms with Gasteiger partial charge < -0.3 is 19.7 Å². The molecule has 27 heavy (non-hydrogen) atoms. The molecule has 0 saturated carbocycles. The molecule has 144 valence electrons. The highest BCUT2D eigenvalue weighted by molar-refractivity contribution is 5.91. The highest BCUT2D eigenvalue weighted by atomic mass is 16.6. The molecule has 2 aromatic rings. The van der Waals surface area contributed by atoms with E-state index in [4.69, 9.17) is 9.47 Å². The van der Waals surface area contributed by atoms with Crippen molar-refractivity contribution in [2.75, 3.05) is 18.5 Å². The van der Waals surface area contributed by atoms with Crippen molar-refractivity contribution in [3.63, 3.8) is 0 Å². The zero-order chi connectivity index (χ0) is 19.4. The van der Waals surface area contributed by atoms with Crippen LogP contribution in [0, 0.1) is 0 Å². The number of nitrogens with zero attached hydrogens (tertiary/aromatic N) is 2. The van der Waals surface area contributed by atoms with Crippen LogP contribution in [0.2, 0.25) is 0 Å². The Labute approximate surface area is 157 Å². The fraction of sp³-hybridized carbons (Fsp3) is 0.421. The number of ether oxygens (including phenoxy) is 2. The third-order valence-electron chi connectivity index (χ3n) is 3.96. The lowest BCUT2D eigenvalue weighted by molar-refractivity contribution is -0.118. The number of rotatable bonds is 4. The Morgan fingerprint density at radius 1 is 1.26 bits per heavy atom. The first-order valence-electron chi connectivity index (χ1n) is 8.83. The summed E-state index contributed by atoms with van der Waals surface area (Å²) in [7, 11) is 0. The third kappa shape index (κ3) is 4.99. The summed E-state index contributed by atoms with van der Waals surface area (Å²) in [6.07, 6.45) is 0.247. The number of anilines is 1. The van der Waals surface area contributed by atoms with Gasteiger partial charge in [0.05, 0.1) is 6.54 Å². The molecule has 0 unspecified atom stereocenters. The molecule has 0 saturated heterocycles. The fourth-order valence-electron chi connectivity index (χ4n) is 2.71. The standard InChI is InChI=1S/C19H24N4O4/c1-19(2,3)27-18(25)23-10-9-15-14(11-23)17(22-21-15)20-16(24)12-26-13-7-5-4-6-8-13/h4-8H,9-12H2,1-3H3,(H2,20,21,22,24). The second-order valence-electron chi connectivity index (χ2n) is 7.33. The van der Waals surface area contributed by atoms with Gasteiger partial charge in [-0.25, -0.2) is 4.79 Å². The molecule has 1 aromatic carbocycles. The van der Waals surface area contributed by atoms with E-state index < -0.39 is 5.60 Å². The van der Waals surface area contributed by atoms with E-state index in [0.29, 0.717) is 31.1 Å². The molecule has 0 atom stereocenters. The summed E-state index contributed by atoms with van der Waals surface area (Å²) in [4.78, 5) is 26.1. The van der Waals surface area contributed by atoms with Crippen LogP contribution < -0.4 is 10.1 Å². The number of carbonyl (C=O) groups is 2. The lowest BCUT2D eigenvalue weighted by atomic mass is 10.1. The van der Waals surface area contributed by atoms with Crippen LogP contribution in [-0.4, -0.2) is 45.9 Å². The van der Waals surface area contributed by atoms with E-state index in [2.05, 4.69) is 15.5 Å². The molecule has 2 amide bonds. The number of hydrogen-bond acceptors (Lipinski definition) is 5. The minimum atomic E-state index is -0.556. The quantitative estimate of drug-likeness (QED) is 0.860. The van der Waals surface area contributed by atoms with Gasteiger partial charge >= 0.3 is 6.09 Å². The van der Waals surface area contributed by atoms with Gasteiger partial charge in [-0.05, 0) is 32.9 Å². The van der Waals surface area contributed by atoms with Crippen molar-refractivity contribution in [2.24, 2.45) is 0 Å². The molecule has 0 spiro atoms. The van der Waals surface area contributed by atoms with Gasteiger partial charge in [-0.15, -0.1) is 0 Å². The highest BCUT2D eigenvalue weighted by Crippen LogP contribution is 2.25. The van der Waals surface area contributed by atoms with Crippen molar-refractivity contribution in [3.05, 3.63) is 41.6 Å². The van der Waals surface area contributed by atoms with Crippen molar-refractivity contribution < 1.29 is 19.1 Å². The number of amides is 2. The monoisotopic (exact) mass is 372 g/mol. The van der Waals surface area contributed by atoms with Crippen molar-refractivity contribution in [1.29, 1.82) is 0 Å². The molecule has 8 heteroatoms. The lowest BCUT2D eigenvalue weighted by Crippen LogP contribution is -2.40. The van der Waals surface area contributed by atoms with Crippen LogP contribution >= 0.6 is 0 Å². The summed E-state index contributed by atoms with van der Waals surface area (Å²) in [6.45, 7) is 6.23. The van der Waals surface area contributed by atoms with Crippen LogP contribution in [-0.2, 0) is 22.5 Å². The van der Waals surface area contributed by atoms with E-state index in [-0.39, 0.29) is 18.6 Å². The molecule has 0 bridgehead atoms. The Morgan fingerprint density at radius 3 is 2.70 bits per heavy atom. The smallest absolute Gasteiger partial charge is 0.410 e. The van der Waals surface area contributed by atoms with Crippen LogP contribution in [0.3, 0.4) is 0 Å². The first kappa shape index (κ1) is 18.8. The average Bonchev–Trinajstić information content (AvgIpc) is 3.01. The summed E-state index contributed by atoms with van der Waals surface area (Å²) in [5.41, 5.74) is 1.15. The predicted octanol–water partition coefficient (Wildman–Crippen LogP) is 2.72. The molecule has 0 radical (unpaired) electrons. The summed E-state index contributed by atoms with van der Waals surface area (Å²) in [5.74, 6) is 0.718. The number of nitrogens with one attached hydrogen (secondary N) is 2. The second kappa shape index (κ2) is 7.69. The Kier molecular flexibility index (Phi) is 5.34. The molecule has 8 nitrogen and oxygen atoms in total. The van der Waals surface area contributed by atoms with Crippen LogP contribution in [0.5, 0.6) is 5.75 Å². The zero-order valence-corrected chi connectivity index (χ0v) is 15.7. The first-order valence-corrected chi connectivity index (χ1v) is 8.83. The lowest BCUT2D eigenvalue weighted by Gasteiger charge is -2.30. The summed E-state index contributed by atoms with van der Waals surface area (Å²) >= 11 is 0. The SMILES string of the molecule is CC(C)(C)OC(=O)N1CCc2[nH]nc(NC(=O)COc3ccccc3)c2C1. The number of hydrogen-bond donors (Lipinski definition) is 2. The molecule has 0 fully saturated rings. The minimum Gasteiger partial charge on any atom is -0.484 e. The van der Waals surface area contributed by atoms with Crippen LogP contribution in [0.15, 0.2) is 30.3 Å². The Balaban J connectivity index is 1.60. The number of carbonyl (C=O) groups excluding carboxylic acids is 2. The maximum atomic E-state index is 12.3. The molecule has 1 aromatic heterocycles. The summed E-state index contributed by atoms with van der Waals surface area (Å²) < 4.78 is 10.9. The number of fused-ring (bicyclic) bond motifs is 1. The summed E-state index contributed by atoms with van der Waals surface area (Å²) in [5, 5.41) is 9.84. The molecule has 2 N–H and O–H groups in total. The van der Waals surface area contributed by atoms with Crippen molar-refractivity contribution in [1.82, 2.24) is 15.1 Å². The predicted molar refractivity (Wildman–Crippen MR) is 99.5 cm³/mol. The topological polar surface area (TPSA) is 96.5 Å². The van der Waals surface area contributed by atoms with Gasteiger partial charge in [0.2, 0.25) is 0 Å². The maximum Gasteiger partial charge on any atom is 0.410 e. The number of para-hydroxylation sites is 1. The maximum absolute atomic E-state index is 12.3. The molecule has 0 aliphatic carbocycles. The number of aromatic amines is 1. The average molecular weight is 372 g/mol. The molecule has 1 aliphatic heterocycles. The molecule has 1 aliphatic rings. The van der Waals surface area contributed by atoms with Gasteiger partial charge in [0, 0.05) is 24.2 Å². The van der Waals surface area contributed by atoms with E-state index in [1.165, 1.54) is 0 Å². The Bertz CT molecular complexity index is 811. The number of benzene rings is 1. The van der Waals surface area contributed by atoms with Crippen LogP contribution in [0.1, 0.15) is 32.0 Å². The largest absolute Gasteiger partial charge is 0.484 e. The van der Waals surface area contributed by atoms with Crippen molar-refractivity contribution in [3.8, 4) is 5.75 Å². The molecule has 3 rings (SSSR count). The minimum absolute atomic E-state index is 0.124. The van der Waals surface area contributed by atoms with Gasteiger partial charge in [0.15, 0.2) is 12.4 Å². The van der Waals surface area contributed by atoms with Crippen molar-refractivity contribution >= 4 is 17.8 Å².